The van der Waals surface area contributed by atoms with E-state index < -0.39 is 227 Å². The van der Waals surface area contributed by atoms with Crippen LogP contribution in [0.3, 0.4) is 0 Å². The molecule has 1 amide bonds. The summed E-state index contributed by atoms with van der Waals surface area (Å²) in [5.74, 6) is -55.4. The van der Waals surface area contributed by atoms with Gasteiger partial charge in [0.25, 0.3) is 0 Å². The van der Waals surface area contributed by atoms with E-state index in [0.29, 0.717) is 6.92 Å². The molecule has 0 unspecified atom stereocenters. The van der Waals surface area contributed by atoms with E-state index in [1.54, 1.807) is 0 Å². The van der Waals surface area contributed by atoms with Crippen LogP contribution in [0.2, 0.25) is 0 Å². The first-order valence-electron chi connectivity index (χ1n) is 24.5. The van der Waals surface area contributed by atoms with Gasteiger partial charge in [-0.25, -0.2) is 0 Å². The van der Waals surface area contributed by atoms with Crippen molar-refractivity contribution in [3.8, 4) is 0 Å². The first-order valence-corrected chi connectivity index (χ1v) is 24.5. The van der Waals surface area contributed by atoms with Gasteiger partial charge in [-0.3, -0.25) is 47.9 Å². The van der Waals surface area contributed by atoms with Crippen molar-refractivity contribution in [3.05, 3.63) is 0 Å². The summed E-state index contributed by atoms with van der Waals surface area (Å²) >= 11 is 0. The maximum Gasteiger partial charge on any atom is 0.384 e. The summed E-state index contributed by atoms with van der Waals surface area (Å²) in [5, 5.41) is 2.04. The summed E-state index contributed by atoms with van der Waals surface area (Å²) in [6, 6.07) is 0. The molecule has 2 saturated heterocycles. The normalized spacial score (nSPS) is 23.5. The Balaban J connectivity index is 2.92. The summed E-state index contributed by atoms with van der Waals surface area (Å²) in [5.41, 5.74) is -2.78. The number of alkyl halides is 12. The predicted molar refractivity (Wildman–Crippen MR) is 242 cm³/mol. The SMILES string of the molecule is CCCC(F)(F)C(F)(F)C(F)(F)C(F)(F)C(F)(F)C(F)(F)CCCC(=O)NC(COC(C)=O)(CO[C@@H]1O[C@H](COC(C)=O)[C@@H](OC(C)=O)[C@H](OC(C)=O)[C@H]1OC(C)=O)CO[C@@H]1O[C@H](COC(C)=O)[C@@H](OC(C)=O)[C@H](OC(C)=O)[C@H]1OC(C)=O. The van der Waals surface area contributed by atoms with Crippen LogP contribution in [0.5, 0.6) is 0 Å². The number of hydrogen-bond acceptors (Lipinski definition) is 23. The molecule has 0 radical (unpaired) electrons. The van der Waals surface area contributed by atoms with E-state index in [0.717, 1.165) is 62.3 Å². The van der Waals surface area contributed by atoms with Gasteiger partial charge in [-0.15, -0.1) is 0 Å². The molecule has 2 rings (SSSR count). The summed E-state index contributed by atoms with van der Waals surface area (Å²) < 4.78 is 246. The number of ether oxygens (including phenoxy) is 13. The number of hydrogen-bond donors (Lipinski definition) is 1. The number of esters is 9. The maximum absolute atomic E-state index is 15.1. The van der Waals surface area contributed by atoms with Gasteiger partial charge in [-0.2, -0.15) is 52.7 Å². The van der Waals surface area contributed by atoms with E-state index in [1.165, 1.54) is 0 Å². The first-order chi connectivity index (χ1) is 37.9. The van der Waals surface area contributed by atoms with Crippen molar-refractivity contribution in [1.29, 1.82) is 0 Å². The zero-order valence-corrected chi connectivity index (χ0v) is 45.8. The molecule has 476 valence electrons. The molecule has 0 aromatic rings. The molecular weight excluding hydrogens is 1170 g/mol. The second-order valence-electron chi connectivity index (χ2n) is 18.7. The van der Waals surface area contributed by atoms with Crippen molar-refractivity contribution in [2.24, 2.45) is 0 Å². The number of carbonyl (C=O) groups excluding carboxylic acids is 10. The Hall–Kier alpha value is -6.30. The Labute approximate surface area is 463 Å². The zero-order chi connectivity index (χ0) is 64.0. The molecule has 83 heavy (non-hydrogen) atoms. The first kappa shape index (κ1) is 72.8. The van der Waals surface area contributed by atoms with E-state index in [4.69, 9.17) is 61.6 Å². The summed E-state index contributed by atoms with van der Waals surface area (Å²) in [4.78, 5) is 125. The zero-order valence-electron chi connectivity index (χ0n) is 45.8. The van der Waals surface area contributed by atoms with Crippen molar-refractivity contribution in [2.75, 3.05) is 33.0 Å². The molecule has 0 aromatic carbocycles. The third kappa shape index (κ3) is 19.1. The minimum Gasteiger partial charge on any atom is -0.463 e. The Kier molecular flexibility index (Phi) is 25.9. The summed E-state index contributed by atoms with van der Waals surface area (Å²) in [7, 11) is 0. The Morgan fingerprint density at radius 2 is 0.711 bits per heavy atom. The number of amides is 1. The minimum atomic E-state index is -7.94. The Morgan fingerprint density at radius 1 is 0.398 bits per heavy atom. The number of carbonyl (C=O) groups is 10. The number of halogens is 12. The van der Waals surface area contributed by atoms with E-state index in [2.05, 4.69) is 0 Å². The van der Waals surface area contributed by atoms with Gasteiger partial charge < -0.3 is 66.9 Å². The second kappa shape index (κ2) is 29.5. The van der Waals surface area contributed by atoms with Crippen LogP contribution in [-0.4, -0.2) is 195 Å². The number of nitrogens with one attached hydrogen (secondary N) is 1. The average molecular weight is 1240 g/mol. The molecule has 1 N–H and O–H groups in total. The van der Waals surface area contributed by atoms with Gasteiger partial charge in [0.1, 0.15) is 37.6 Å². The van der Waals surface area contributed by atoms with E-state index in [-0.39, 0.29) is 0 Å². The highest BCUT2D eigenvalue weighted by Crippen LogP contribution is 2.61. The van der Waals surface area contributed by atoms with Gasteiger partial charge in [0.05, 0.1) is 13.2 Å². The van der Waals surface area contributed by atoms with Gasteiger partial charge in [-0.1, -0.05) is 13.3 Å². The molecule has 0 bridgehead atoms. The minimum absolute atomic E-state index is 0.684. The Bertz CT molecular complexity index is 2230. The smallest absolute Gasteiger partial charge is 0.384 e. The van der Waals surface area contributed by atoms with Crippen LogP contribution in [0.1, 0.15) is 101 Å². The van der Waals surface area contributed by atoms with Crippen molar-refractivity contribution in [1.82, 2.24) is 5.32 Å². The maximum atomic E-state index is 15.1. The highest BCUT2D eigenvalue weighted by atomic mass is 19.4. The van der Waals surface area contributed by atoms with Crippen LogP contribution in [0.25, 0.3) is 0 Å². The van der Waals surface area contributed by atoms with Gasteiger partial charge >= 0.3 is 89.3 Å². The van der Waals surface area contributed by atoms with E-state index in [9.17, 15) is 91.8 Å². The monoisotopic (exact) mass is 1240 g/mol. The molecule has 0 saturated carbocycles. The molecule has 0 aliphatic carbocycles. The van der Waals surface area contributed by atoms with E-state index >= 15 is 8.78 Å². The third-order valence-corrected chi connectivity index (χ3v) is 11.5. The molecular formula is C47H61F12NO23. The number of rotatable bonds is 30. The highest BCUT2D eigenvalue weighted by molar-refractivity contribution is 5.77. The molecule has 2 fully saturated rings. The topological polar surface area (TPSA) is 303 Å². The lowest BCUT2D eigenvalue weighted by Gasteiger charge is -2.46. The lowest BCUT2D eigenvalue weighted by atomic mass is 9.88. The van der Waals surface area contributed by atoms with E-state index in [1.807, 2.05) is 5.32 Å². The van der Waals surface area contributed by atoms with Crippen molar-refractivity contribution < 1.29 is 162 Å². The van der Waals surface area contributed by atoms with Crippen molar-refractivity contribution in [3.63, 3.8) is 0 Å². The van der Waals surface area contributed by atoms with Crippen LogP contribution in [-0.2, 0) is 110 Å². The lowest BCUT2D eigenvalue weighted by molar-refractivity contribution is -0.425. The third-order valence-electron chi connectivity index (χ3n) is 11.5. The van der Waals surface area contributed by atoms with Gasteiger partial charge in [0.15, 0.2) is 49.2 Å². The molecule has 0 spiro atoms. The van der Waals surface area contributed by atoms with Gasteiger partial charge in [-0.05, 0) is 6.42 Å². The molecule has 2 heterocycles. The van der Waals surface area contributed by atoms with Crippen LogP contribution in [0.4, 0.5) is 52.7 Å². The highest BCUT2D eigenvalue weighted by Gasteiger charge is 2.89. The molecule has 2 aliphatic heterocycles. The summed E-state index contributed by atoms with van der Waals surface area (Å²) in [6.45, 7) is 2.25. The molecule has 36 heteroatoms. The fourth-order valence-electron chi connectivity index (χ4n) is 7.91. The molecule has 24 nitrogen and oxygen atoms in total. The van der Waals surface area contributed by atoms with Crippen LogP contribution < -0.4 is 5.32 Å². The van der Waals surface area contributed by atoms with Gasteiger partial charge in [0, 0.05) is 81.6 Å². The second-order valence-corrected chi connectivity index (χ2v) is 18.7. The molecule has 2 aliphatic rings. The fourth-order valence-corrected chi connectivity index (χ4v) is 7.91. The van der Waals surface area contributed by atoms with Crippen molar-refractivity contribution in [2.45, 2.75) is 204 Å². The predicted octanol–water partition coefficient (Wildman–Crippen LogP) is 4.39. The average Bonchev–Trinajstić information content (AvgIpc) is 3.54. The van der Waals surface area contributed by atoms with Crippen LogP contribution in [0, 0.1) is 0 Å². The Morgan fingerprint density at radius 3 is 1.02 bits per heavy atom. The molecule has 10 atom stereocenters. The standard InChI is InChI=1S/C47H61F12NO23/c1-11-14-42(48,49)44(52,53)46(56,57)47(58,59)45(54,55)43(50,51)15-12-13-32(70)60-41(18-73-23(4)63,19-74-39-37(80-28(9)68)35(78-26(7)66)33(76-24(5)64)30(82-39)16-71-21(2)61)20-75-40-38(81-29(10)69)36(79-27(8)67)34(77-25(6)65)31(83-40)17-72-22(3)62/h30-31,33-40H,11-20H2,1-10H3,(H,60,70)/t30-,31-,33-,34-,35+,36+,37-,38-,39-,40-/m1/s1. The van der Waals surface area contributed by atoms with Crippen LogP contribution in [0.15, 0.2) is 0 Å². The van der Waals surface area contributed by atoms with Gasteiger partial charge in [0.2, 0.25) is 5.91 Å². The van der Waals surface area contributed by atoms with Crippen LogP contribution >= 0.6 is 0 Å². The summed E-state index contributed by atoms with van der Waals surface area (Å²) in [6.07, 6.45) is -29.6. The fraction of sp³-hybridized carbons (Fsp3) is 0.787. The molecule has 0 aromatic heterocycles. The largest absolute Gasteiger partial charge is 0.463 e. The van der Waals surface area contributed by atoms with Crippen molar-refractivity contribution >= 4 is 59.6 Å². The lowest BCUT2D eigenvalue weighted by Crippen LogP contribution is -2.70. The quantitative estimate of drug-likeness (QED) is 0.0592.